The van der Waals surface area contributed by atoms with Crippen molar-refractivity contribution in [1.29, 1.82) is 0 Å². The van der Waals surface area contributed by atoms with Gasteiger partial charge in [0.2, 0.25) is 0 Å². The average Bonchev–Trinajstić information content (AvgIpc) is 3.18. The fraction of sp³-hybridized carbons (Fsp3) is 0.167. The van der Waals surface area contributed by atoms with Gasteiger partial charge < -0.3 is 5.32 Å². The van der Waals surface area contributed by atoms with Crippen LogP contribution in [0, 0.1) is 5.92 Å². The molecule has 3 aromatic rings. The smallest absolute Gasteiger partial charge is 0.0554 e. The molecule has 0 saturated carbocycles. The van der Waals surface area contributed by atoms with Gasteiger partial charge in [-0.05, 0) is 29.0 Å². The number of hydrogen-bond donors (Lipinski definition) is 1. The van der Waals surface area contributed by atoms with Crippen LogP contribution in [0.15, 0.2) is 91.0 Å². The highest BCUT2D eigenvalue weighted by atomic mass is 15.0. The Morgan fingerprint density at radius 2 is 1.52 bits per heavy atom. The molecule has 1 aliphatic carbocycles. The molecule has 0 spiro atoms. The number of benzene rings is 3. The van der Waals surface area contributed by atoms with E-state index >= 15 is 0 Å². The molecular weight excluding hydrogens is 302 g/mol. The summed E-state index contributed by atoms with van der Waals surface area (Å²) in [4.78, 5) is 0. The number of rotatable bonds is 2. The highest BCUT2D eigenvalue weighted by Gasteiger charge is 2.38. The minimum Gasteiger partial charge on any atom is -0.377 e. The SMILES string of the molecule is C1=C[C@@H]2c3cccc(-c4ccccc4)c3N[C@H](c3ccccc3)[C@H]2C1. The molecule has 0 radical (unpaired) electrons. The van der Waals surface area contributed by atoms with Crippen LogP contribution in [-0.2, 0) is 0 Å². The van der Waals surface area contributed by atoms with E-state index < -0.39 is 0 Å². The Bertz CT molecular complexity index is 911. The summed E-state index contributed by atoms with van der Waals surface area (Å²) in [5.74, 6) is 1.10. The fourth-order valence-corrected chi connectivity index (χ4v) is 4.47. The zero-order valence-corrected chi connectivity index (χ0v) is 14.1. The van der Waals surface area contributed by atoms with Crippen LogP contribution < -0.4 is 5.32 Å². The van der Waals surface area contributed by atoms with Gasteiger partial charge in [-0.25, -0.2) is 0 Å². The van der Waals surface area contributed by atoms with Gasteiger partial charge in [-0.15, -0.1) is 0 Å². The molecule has 1 nitrogen and oxygen atoms in total. The summed E-state index contributed by atoms with van der Waals surface area (Å²) in [6, 6.07) is 28.7. The molecule has 25 heavy (non-hydrogen) atoms. The van der Waals surface area contributed by atoms with Gasteiger partial charge in [-0.3, -0.25) is 0 Å². The minimum atomic E-state index is 0.360. The van der Waals surface area contributed by atoms with Gasteiger partial charge in [0.05, 0.1) is 6.04 Å². The van der Waals surface area contributed by atoms with E-state index in [1.165, 1.54) is 27.9 Å². The van der Waals surface area contributed by atoms with Crippen molar-refractivity contribution < 1.29 is 0 Å². The van der Waals surface area contributed by atoms with Crippen molar-refractivity contribution in [3.05, 3.63) is 102 Å². The van der Waals surface area contributed by atoms with Crippen LogP contribution in [0.1, 0.15) is 29.5 Å². The molecule has 0 bridgehead atoms. The maximum atomic E-state index is 3.91. The van der Waals surface area contributed by atoms with Crippen molar-refractivity contribution in [2.24, 2.45) is 5.92 Å². The predicted molar refractivity (Wildman–Crippen MR) is 105 cm³/mol. The molecule has 1 N–H and O–H groups in total. The summed E-state index contributed by atoms with van der Waals surface area (Å²) in [6.45, 7) is 0. The molecule has 0 saturated heterocycles. The monoisotopic (exact) mass is 323 g/mol. The van der Waals surface area contributed by atoms with E-state index in [2.05, 4.69) is 96.3 Å². The van der Waals surface area contributed by atoms with Crippen molar-refractivity contribution in [1.82, 2.24) is 0 Å². The lowest BCUT2D eigenvalue weighted by Crippen LogP contribution is -2.29. The van der Waals surface area contributed by atoms with Gasteiger partial charge in [-0.2, -0.15) is 0 Å². The van der Waals surface area contributed by atoms with E-state index in [1.807, 2.05) is 0 Å². The lowest BCUT2D eigenvalue weighted by Gasteiger charge is -2.38. The van der Waals surface area contributed by atoms with Gasteiger partial charge in [-0.1, -0.05) is 91.0 Å². The molecule has 0 aromatic heterocycles. The first-order chi connectivity index (χ1) is 12.4. The van der Waals surface area contributed by atoms with Crippen molar-refractivity contribution in [3.63, 3.8) is 0 Å². The predicted octanol–water partition coefficient (Wildman–Crippen LogP) is 6.18. The van der Waals surface area contributed by atoms with E-state index in [1.54, 1.807) is 0 Å². The third-order valence-electron chi connectivity index (χ3n) is 5.64. The van der Waals surface area contributed by atoms with Crippen LogP contribution in [0.4, 0.5) is 5.69 Å². The van der Waals surface area contributed by atoms with Gasteiger partial charge >= 0.3 is 0 Å². The van der Waals surface area contributed by atoms with Gasteiger partial charge in [0.1, 0.15) is 0 Å². The molecule has 122 valence electrons. The number of para-hydroxylation sites is 1. The van der Waals surface area contributed by atoms with Crippen molar-refractivity contribution in [3.8, 4) is 11.1 Å². The summed E-state index contributed by atoms with van der Waals surface area (Å²) in [5.41, 5.74) is 6.70. The second-order valence-corrected chi connectivity index (χ2v) is 7.02. The van der Waals surface area contributed by atoms with Crippen LogP contribution in [0.5, 0.6) is 0 Å². The Kier molecular flexibility index (Phi) is 3.45. The Labute approximate surface area is 149 Å². The number of nitrogens with one attached hydrogen (secondary N) is 1. The summed E-state index contributed by atoms with van der Waals surface area (Å²) in [7, 11) is 0. The maximum absolute atomic E-state index is 3.91. The molecule has 3 aromatic carbocycles. The van der Waals surface area contributed by atoms with Crippen LogP contribution in [0.25, 0.3) is 11.1 Å². The molecule has 5 rings (SSSR count). The Balaban J connectivity index is 1.67. The molecule has 3 atom stereocenters. The van der Waals surface area contributed by atoms with Gasteiger partial charge in [0.25, 0.3) is 0 Å². The quantitative estimate of drug-likeness (QED) is 0.555. The van der Waals surface area contributed by atoms with Crippen LogP contribution in [0.2, 0.25) is 0 Å². The number of anilines is 1. The van der Waals surface area contributed by atoms with E-state index in [0.29, 0.717) is 17.9 Å². The van der Waals surface area contributed by atoms with E-state index in [4.69, 9.17) is 0 Å². The Morgan fingerprint density at radius 3 is 2.32 bits per heavy atom. The fourth-order valence-electron chi connectivity index (χ4n) is 4.47. The van der Waals surface area contributed by atoms with E-state index in [9.17, 15) is 0 Å². The second kappa shape index (κ2) is 5.93. The zero-order valence-electron chi connectivity index (χ0n) is 14.1. The number of allylic oxidation sites excluding steroid dienone is 2. The van der Waals surface area contributed by atoms with Gasteiger partial charge in [0.15, 0.2) is 0 Å². The van der Waals surface area contributed by atoms with E-state index in [-0.39, 0.29) is 0 Å². The molecular formula is C24H21N. The summed E-state index contributed by atoms with van der Waals surface area (Å²) in [6.07, 6.45) is 5.92. The Morgan fingerprint density at radius 1 is 0.760 bits per heavy atom. The third kappa shape index (κ3) is 2.39. The van der Waals surface area contributed by atoms with Crippen molar-refractivity contribution in [2.45, 2.75) is 18.4 Å². The summed E-state index contributed by atoms with van der Waals surface area (Å²) in [5, 5.41) is 3.91. The summed E-state index contributed by atoms with van der Waals surface area (Å²) < 4.78 is 0. The highest BCUT2D eigenvalue weighted by Crippen LogP contribution is 2.51. The first-order valence-corrected chi connectivity index (χ1v) is 9.08. The molecule has 0 unspecified atom stereocenters. The minimum absolute atomic E-state index is 0.360. The molecule has 1 heterocycles. The van der Waals surface area contributed by atoms with Crippen LogP contribution in [-0.4, -0.2) is 0 Å². The normalized spacial score (nSPS) is 23.6. The van der Waals surface area contributed by atoms with Crippen molar-refractivity contribution in [2.75, 3.05) is 5.32 Å². The van der Waals surface area contributed by atoms with Gasteiger partial charge in [0, 0.05) is 17.2 Å². The zero-order chi connectivity index (χ0) is 16.6. The molecule has 2 aliphatic rings. The topological polar surface area (TPSA) is 12.0 Å². The lowest BCUT2D eigenvalue weighted by atomic mass is 9.76. The number of hydrogen-bond acceptors (Lipinski definition) is 1. The first kappa shape index (κ1) is 14.5. The highest BCUT2D eigenvalue weighted by molar-refractivity contribution is 5.82. The Hall–Kier alpha value is -2.80. The maximum Gasteiger partial charge on any atom is 0.0554 e. The second-order valence-electron chi connectivity index (χ2n) is 7.02. The summed E-state index contributed by atoms with van der Waals surface area (Å²) >= 11 is 0. The largest absolute Gasteiger partial charge is 0.377 e. The first-order valence-electron chi connectivity index (χ1n) is 9.08. The van der Waals surface area contributed by atoms with Crippen molar-refractivity contribution >= 4 is 5.69 Å². The third-order valence-corrected chi connectivity index (χ3v) is 5.64. The van der Waals surface area contributed by atoms with Crippen LogP contribution >= 0.6 is 0 Å². The molecule has 1 heteroatoms. The average molecular weight is 323 g/mol. The molecule has 0 amide bonds. The van der Waals surface area contributed by atoms with E-state index in [0.717, 1.165) is 6.42 Å². The molecule has 1 aliphatic heterocycles. The standard InChI is InChI=1S/C24H21N/c1-3-9-17(10-4-1)19-13-7-16-22-20-14-8-15-21(20)23(25-24(19)22)18-11-5-2-6-12-18/h1-14,16,20-21,23,25H,15H2/t20-,21-,23+/m0/s1. The molecule has 0 fully saturated rings. The number of fused-ring (bicyclic) bond motifs is 3. The van der Waals surface area contributed by atoms with Crippen LogP contribution in [0.3, 0.4) is 0 Å². The lowest BCUT2D eigenvalue weighted by molar-refractivity contribution is 0.426.